The molecule has 20 heavy (non-hydrogen) atoms. The summed E-state index contributed by atoms with van der Waals surface area (Å²) in [6, 6.07) is -0.493. The lowest BCUT2D eigenvalue weighted by Crippen LogP contribution is -2.53. The summed E-state index contributed by atoms with van der Waals surface area (Å²) in [6.45, 7) is 11.7. The lowest BCUT2D eigenvalue weighted by atomic mass is 9.84. The fourth-order valence-electron chi connectivity index (χ4n) is 2.44. The molecule has 0 radical (unpaired) electrons. The first-order valence-electron chi connectivity index (χ1n) is 7.38. The van der Waals surface area contributed by atoms with Crippen LogP contribution in [0.1, 0.15) is 47.5 Å². The van der Waals surface area contributed by atoms with Gasteiger partial charge in [0.2, 0.25) is 0 Å². The van der Waals surface area contributed by atoms with E-state index in [1.807, 2.05) is 25.7 Å². The molecule has 0 aliphatic carbocycles. The molecule has 0 aromatic heterocycles. The molecule has 1 aliphatic rings. The zero-order valence-electron chi connectivity index (χ0n) is 13.3. The Kier molecular flexibility index (Phi) is 5.42. The molecule has 0 spiro atoms. The molecule has 116 valence electrons. The van der Waals surface area contributed by atoms with Crippen LogP contribution in [0.5, 0.6) is 0 Å². The lowest BCUT2D eigenvalue weighted by molar-refractivity contribution is -0.138. The first-order chi connectivity index (χ1) is 9.11. The minimum absolute atomic E-state index is 0.0466. The third-order valence-corrected chi connectivity index (χ3v) is 4.34. The number of nitrogens with one attached hydrogen (secondary N) is 1. The van der Waals surface area contributed by atoms with E-state index in [-0.39, 0.29) is 23.9 Å². The molecule has 2 N–H and O–H groups in total. The van der Waals surface area contributed by atoms with Crippen molar-refractivity contribution in [1.29, 1.82) is 0 Å². The number of likely N-dealkylation sites (tertiary alicyclic amines) is 1. The minimum Gasteiger partial charge on any atom is -0.481 e. The van der Waals surface area contributed by atoms with Gasteiger partial charge in [0.25, 0.3) is 0 Å². The Labute approximate surface area is 121 Å². The van der Waals surface area contributed by atoms with Gasteiger partial charge < -0.3 is 15.3 Å². The van der Waals surface area contributed by atoms with E-state index in [1.165, 1.54) is 0 Å². The van der Waals surface area contributed by atoms with E-state index >= 15 is 0 Å². The number of hydrogen-bond acceptors (Lipinski definition) is 2. The van der Waals surface area contributed by atoms with Crippen LogP contribution in [-0.2, 0) is 4.79 Å². The molecule has 2 amide bonds. The van der Waals surface area contributed by atoms with Gasteiger partial charge in [-0.25, -0.2) is 4.79 Å². The van der Waals surface area contributed by atoms with E-state index in [1.54, 1.807) is 0 Å². The third kappa shape index (κ3) is 4.69. The first kappa shape index (κ1) is 16.8. The molecule has 1 saturated heterocycles. The fraction of sp³-hybridized carbons (Fsp3) is 0.867. The topological polar surface area (TPSA) is 69.6 Å². The monoisotopic (exact) mass is 284 g/mol. The maximum absolute atomic E-state index is 12.3. The van der Waals surface area contributed by atoms with E-state index in [4.69, 9.17) is 5.11 Å². The Balaban J connectivity index is 2.64. The molecule has 1 fully saturated rings. The molecule has 0 saturated carbocycles. The van der Waals surface area contributed by atoms with Gasteiger partial charge in [-0.3, -0.25) is 4.79 Å². The number of rotatable bonds is 3. The summed E-state index contributed by atoms with van der Waals surface area (Å²) in [6.07, 6.45) is 0.961. The average Bonchev–Trinajstić information content (AvgIpc) is 2.30. The van der Waals surface area contributed by atoms with E-state index in [0.29, 0.717) is 11.8 Å². The van der Waals surface area contributed by atoms with Crippen molar-refractivity contribution in [2.75, 3.05) is 13.1 Å². The molecular formula is C15H28N2O3. The van der Waals surface area contributed by atoms with Crippen molar-refractivity contribution in [3.05, 3.63) is 0 Å². The Bertz CT molecular complexity index is 363. The van der Waals surface area contributed by atoms with Crippen LogP contribution in [0.25, 0.3) is 0 Å². The first-order valence-corrected chi connectivity index (χ1v) is 7.38. The second-order valence-electron chi connectivity index (χ2n) is 7.16. The van der Waals surface area contributed by atoms with Crippen LogP contribution in [0, 0.1) is 17.3 Å². The van der Waals surface area contributed by atoms with Crippen LogP contribution in [0.2, 0.25) is 0 Å². The maximum atomic E-state index is 12.3. The number of amides is 2. The highest BCUT2D eigenvalue weighted by atomic mass is 16.4. The molecule has 0 aromatic carbocycles. The predicted molar refractivity (Wildman–Crippen MR) is 78.5 cm³/mol. The van der Waals surface area contributed by atoms with Crippen molar-refractivity contribution in [3.63, 3.8) is 0 Å². The average molecular weight is 284 g/mol. The molecule has 0 aromatic rings. The van der Waals surface area contributed by atoms with Gasteiger partial charge in [-0.05, 0) is 23.7 Å². The number of carbonyl (C=O) groups is 2. The van der Waals surface area contributed by atoms with Crippen molar-refractivity contribution >= 4 is 12.0 Å². The van der Waals surface area contributed by atoms with Crippen molar-refractivity contribution in [3.8, 4) is 0 Å². The minimum atomic E-state index is -0.883. The predicted octanol–water partition coefficient (Wildman–Crippen LogP) is 2.56. The Morgan fingerprint density at radius 3 is 2.35 bits per heavy atom. The van der Waals surface area contributed by atoms with E-state index in [9.17, 15) is 9.59 Å². The smallest absolute Gasteiger partial charge is 0.317 e. The number of nitrogens with zero attached hydrogens (tertiary/aromatic N) is 1. The van der Waals surface area contributed by atoms with Crippen LogP contribution < -0.4 is 5.32 Å². The lowest BCUT2D eigenvalue weighted by Gasteiger charge is -2.38. The maximum Gasteiger partial charge on any atom is 0.317 e. The summed E-state index contributed by atoms with van der Waals surface area (Å²) in [5.41, 5.74) is -0.275. The van der Waals surface area contributed by atoms with Gasteiger partial charge in [0.1, 0.15) is 0 Å². The van der Waals surface area contributed by atoms with Crippen LogP contribution in [0.4, 0.5) is 4.79 Å². The van der Waals surface area contributed by atoms with Crippen molar-refractivity contribution in [1.82, 2.24) is 10.2 Å². The van der Waals surface area contributed by atoms with Crippen LogP contribution in [0.15, 0.2) is 0 Å². The van der Waals surface area contributed by atoms with E-state index < -0.39 is 5.97 Å². The summed E-state index contributed by atoms with van der Waals surface area (Å²) in [7, 11) is 0. The van der Waals surface area contributed by atoms with Crippen molar-refractivity contribution in [2.45, 2.75) is 53.5 Å². The standard InChI is InChI=1S/C15H28N2O3/c1-10-6-7-17(9-11(10)2)14(20)16-12(8-13(18)19)15(3,4)5/h10-12H,6-9H2,1-5H3,(H,16,20)(H,18,19). The summed E-state index contributed by atoms with van der Waals surface area (Å²) >= 11 is 0. The largest absolute Gasteiger partial charge is 0.481 e. The Morgan fingerprint density at radius 2 is 1.90 bits per heavy atom. The number of urea groups is 1. The summed E-state index contributed by atoms with van der Waals surface area (Å²) in [4.78, 5) is 25.1. The number of carboxylic acids is 1. The fourth-order valence-corrected chi connectivity index (χ4v) is 2.44. The van der Waals surface area contributed by atoms with Crippen molar-refractivity contribution < 1.29 is 14.7 Å². The number of hydrogen-bond donors (Lipinski definition) is 2. The van der Waals surface area contributed by atoms with E-state index in [2.05, 4.69) is 19.2 Å². The third-order valence-electron chi connectivity index (χ3n) is 4.34. The summed E-state index contributed by atoms with van der Waals surface area (Å²) < 4.78 is 0. The number of carboxylic acid groups (broad SMARTS) is 1. The highest BCUT2D eigenvalue weighted by Crippen LogP contribution is 2.25. The zero-order chi connectivity index (χ0) is 15.5. The molecule has 3 atom stereocenters. The molecule has 1 rings (SSSR count). The van der Waals surface area contributed by atoms with Crippen molar-refractivity contribution in [2.24, 2.45) is 17.3 Å². The molecule has 5 heteroatoms. The molecule has 5 nitrogen and oxygen atoms in total. The highest BCUT2D eigenvalue weighted by Gasteiger charge is 2.32. The van der Waals surface area contributed by atoms with Gasteiger partial charge in [-0.2, -0.15) is 0 Å². The van der Waals surface area contributed by atoms with Gasteiger partial charge in [0, 0.05) is 19.1 Å². The van der Waals surface area contributed by atoms with Gasteiger partial charge >= 0.3 is 12.0 Å². The molecule has 3 unspecified atom stereocenters. The molecule has 1 aliphatic heterocycles. The van der Waals surface area contributed by atoms with Crippen LogP contribution in [-0.4, -0.2) is 41.1 Å². The summed E-state index contributed by atoms with van der Waals surface area (Å²) in [5, 5.41) is 11.9. The van der Waals surface area contributed by atoms with Crippen LogP contribution in [0.3, 0.4) is 0 Å². The van der Waals surface area contributed by atoms with Gasteiger partial charge in [0.15, 0.2) is 0 Å². The number of aliphatic carboxylic acids is 1. The zero-order valence-corrected chi connectivity index (χ0v) is 13.3. The second-order valence-corrected chi connectivity index (χ2v) is 7.16. The number of piperidine rings is 1. The Morgan fingerprint density at radius 1 is 1.30 bits per heavy atom. The van der Waals surface area contributed by atoms with E-state index in [0.717, 1.165) is 19.5 Å². The second kappa shape index (κ2) is 6.46. The van der Waals surface area contributed by atoms with Gasteiger partial charge in [-0.15, -0.1) is 0 Å². The SMILES string of the molecule is CC1CCN(C(=O)NC(CC(=O)O)C(C)(C)C)CC1C. The molecular weight excluding hydrogens is 256 g/mol. The quantitative estimate of drug-likeness (QED) is 0.837. The normalized spacial score (nSPS) is 25.1. The molecule has 0 bridgehead atoms. The van der Waals surface area contributed by atoms with Gasteiger partial charge in [-0.1, -0.05) is 34.6 Å². The van der Waals surface area contributed by atoms with Crippen LogP contribution >= 0.6 is 0 Å². The molecule has 1 heterocycles. The van der Waals surface area contributed by atoms with Gasteiger partial charge in [0.05, 0.1) is 6.42 Å². The number of carbonyl (C=O) groups excluding carboxylic acids is 1. The Hall–Kier alpha value is -1.26. The highest BCUT2D eigenvalue weighted by molar-refractivity contribution is 5.76. The summed E-state index contributed by atoms with van der Waals surface area (Å²) in [5.74, 6) is 0.240.